The molecule has 6 heteroatoms. The van der Waals surface area contributed by atoms with Crippen molar-refractivity contribution in [2.24, 2.45) is 0 Å². The Kier molecular flexibility index (Phi) is 7.10. The smallest absolute Gasteiger partial charge is 0.237 e. The van der Waals surface area contributed by atoms with Gasteiger partial charge < -0.3 is 14.2 Å². The van der Waals surface area contributed by atoms with E-state index in [1.54, 1.807) is 0 Å². The van der Waals surface area contributed by atoms with Crippen LogP contribution in [0.5, 0.6) is 0 Å². The van der Waals surface area contributed by atoms with Crippen LogP contribution in [0.4, 0.5) is 5.69 Å². The molecule has 1 fully saturated rings. The van der Waals surface area contributed by atoms with Crippen molar-refractivity contribution in [3.05, 3.63) is 77.6 Å². The second kappa shape index (κ2) is 10.2. The lowest BCUT2D eigenvalue weighted by Crippen LogP contribution is -2.32. The van der Waals surface area contributed by atoms with Gasteiger partial charge in [0, 0.05) is 18.0 Å². The van der Waals surface area contributed by atoms with Gasteiger partial charge in [0.2, 0.25) is 5.91 Å². The zero-order valence-electron chi connectivity index (χ0n) is 18.2. The minimum Gasteiger partial charge on any atom is -0.376 e. The van der Waals surface area contributed by atoms with Gasteiger partial charge in [0.05, 0.1) is 30.6 Å². The Morgan fingerprint density at radius 1 is 1.13 bits per heavy atom. The van der Waals surface area contributed by atoms with E-state index >= 15 is 0 Å². The molecule has 31 heavy (non-hydrogen) atoms. The number of anilines is 1. The summed E-state index contributed by atoms with van der Waals surface area (Å²) in [6, 6.07) is 20.0. The van der Waals surface area contributed by atoms with Gasteiger partial charge in [-0.3, -0.25) is 4.79 Å². The Morgan fingerprint density at radius 2 is 1.84 bits per heavy atom. The molecule has 1 aliphatic heterocycles. The molecule has 1 atom stereocenters. The fourth-order valence-electron chi connectivity index (χ4n) is 3.84. The van der Waals surface area contributed by atoms with Crippen LogP contribution in [-0.2, 0) is 22.6 Å². The van der Waals surface area contributed by atoms with Crippen LogP contribution in [0.2, 0.25) is 0 Å². The number of benzene rings is 2. The number of ether oxygens (including phenoxy) is 1. The summed E-state index contributed by atoms with van der Waals surface area (Å²) in [6.07, 6.45) is 2.43. The third-order valence-electron chi connectivity index (χ3n) is 5.71. The molecule has 1 aliphatic rings. The van der Waals surface area contributed by atoms with E-state index in [2.05, 4.69) is 23.6 Å². The zero-order valence-corrected chi connectivity index (χ0v) is 19.0. The predicted molar refractivity (Wildman–Crippen MR) is 125 cm³/mol. The van der Waals surface area contributed by atoms with Gasteiger partial charge in [0.25, 0.3) is 0 Å². The van der Waals surface area contributed by atoms with E-state index < -0.39 is 0 Å². The molecule has 0 aliphatic carbocycles. The van der Waals surface area contributed by atoms with Gasteiger partial charge in [-0.25, -0.2) is 4.98 Å². The van der Waals surface area contributed by atoms with E-state index in [0.717, 1.165) is 53.8 Å². The molecule has 0 N–H and O–H groups in total. The lowest BCUT2D eigenvalue weighted by Gasteiger charge is -2.23. The number of nitrogens with zero attached hydrogens (tertiary/aromatic N) is 3. The van der Waals surface area contributed by atoms with Crippen molar-refractivity contribution >= 4 is 23.4 Å². The fraction of sp³-hybridized carbons (Fsp3) is 0.360. The minimum atomic E-state index is 0.0713. The van der Waals surface area contributed by atoms with Crippen molar-refractivity contribution in [1.82, 2.24) is 9.55 Å². The zero-order chi connectivity index (χ0) is 21.6. The van der Waals surface area contributed by atoms with Crippen LogP contribution < -0.4 is 4.90 Å². The SMILES string of the molecule is Cc1nc(SCC(=O)N(Cc2ccccc2)c2ccccc2)n(CC2CCCO2)c1C. The maximum atomic E-state index is 13.3. The minimum absolute atomic E-state index is 0.0713. The van der Waals surface area contributed by atoms with E-state index in [9.17, 15) is 4.79 Å². The average Bonchev–Trinajstić information content (AvgIpc) is 3.41. The Hall–Kier alpha value is -2.57. The molecule has 3 aromatic rings. The maximum absolute atomic E-state index is 13.3. The first-order valence-electron chi connectivity index (χ1n) is 10.8. The topological polar surface area (TPSA) is 47.4 Å². The summed E-state index contributed by atoms with van der Waals surface area (Å²) in [4.78, 5) is 19.9. The Morgan fingerprint density at radius 3 is 2.52 bits per heavy atom. The number of rotatable bonds is 8. The van der Waals surface area contributed by atoms with Gasteiger partial charge in [0.1, 0.15) is 0 Å². The van der Waals surface area contributed by atoms with Crippen LogP contribution in [0.1, 0.15) is 29.8 Å². The van der Waals surface area contributed by atoms with Crippen molar-refractivity contribution in [2.75, 3.05) is 17.3 Å². The molecular formula is C25H29N3O2S. The summed E-state index contributed by atoms with van der Waals surface area (Å²) in [6.45, 7) is 6.31. The molecule has 162 valence electrons. The van der Waals surface area contributed by atoms with Crippen molar-refractivity contribution in [3.63, 3.8) is 0 Å². The molecule has 4 rings (SSSR count). The van der Waals surface area contributed by atoms with E-state index in [0.29, 0.717) is 12.3 Å². The van der Waals surface area contributed by atoms with Crippen molar-refractivity contribution in [1.29, 1.82) is 0 Å². The number of aryl methyl sites for hydroxylation is 1. The molecule has 1 saturated heterocycles. The van der Waals surface area contributed by atoms with Crippen LogP contribution >= 0.6 is 11.8 Å². The Labute approximate surface area is 188 Å². The van der Waals surface area contributed by atoms with Gasteiger partial charge in [-0.1, -0.05) is 60.3 Å². The molecule has 0 bridgehead atoms. The third-order valence-corrected chi connectivity index (χ3v) is 6.67. The standard InChI is InChI=1S/C25H29N3O2S/c1-19-20(2)27(17-23-14-9-15-30-23)25(26-19)31-18-24(29)28(22-12-7-4-8-13-22)16-21-10-5-3-6-11-21/h3-8,10-13,23H,9,14-18H2,1-2H3. The molecular weight excluding hydrogens is 406 g/mol. The van der Waals surface area contributed by atoms with Gasteiger partial charge in [-0.15, -0.1) is 0 Å². The summed E-state index contributed by atoms with van der Waals surface area (Å²) < 4.78 is 8.05. The molecule has 2 heterocycles. The van der Waals surface area contributed by atoms with Crippen LogP contribution in [0.15, 0.2) is 65.8 Å². The van der Waals surface area contributed by atoms with Crippen LogP contribution in [-0.4, -0.2) is 33.9 Å². The van der Waals surface area contributed by atoms with Gasteiger partial charge in [-0.05, 0) is 44.4 Å². The summed E-state index contributed by atoms with van der Waals surface area (Å²) in [5.41, 5.74) is 4.18. The molecule has 0 saturated carbocycles. The molecule has 1 aromatic heterocycles. The lowest BCUT2D eigenvalue weighted by molar-refractivity contribution is -0.116. The van der Waals surface area contributed by atoms with E-state index in [4.69, 9.17) is 9.72 Å². The van der Waals surface area contributed by atoms with Crippen molar-refractivity contribution in [2.45, 2.75) is 51.0 Å². The largest absolute Gasteiger partial charge is 0.376 e. The normalized spacial score (nSPS) is 15.9. The first-order valence-corrected chi connectivity index (χ1v) is 11.8. The molecule has 2 aromatic carbocycles. The molecule has 1 amide bonds. The third kappa shape index (κ3) is 5.38. The highest BCUT2D eigenvalue weighted by molar-refractivity contribution is 7.99. The number of amides is 1. The van der Waals surface area contributed by atoms with Gasteiger partial charge in [-0.2, -0.15) is 0 Å². The number of hydrogen-bond acceptors (Lipinski definition) is 4. The number of aromatic nitrogens is 2. The summed E-state index contributed by atoms with van der Waals surface area (Å²) >= 11 is 1.51. The number of para-hydroxylation sites is 1. The number of carbonyl (C=O) groups is 1. The number of imidazole rings is 1. The summed E-state index contributed by atoms with van der Waals surface area (Å²) in [5.74, 6) is 0.408. The number of carbonyl (C=O) groups excluding carboxylic acids is 1. The second-order valence-electron chi connectivity index (χ2n) is 7.90. The quantitative estimate of drug-likeness (QED) is 0.467. The van der Waals surface area contributed by atoms with Crippen LogP contribution in [0.25, 0.3) is 0 Å². The molecule has 1 unspecified atom stereocenters. The highest BCUT2D eigenvalue weighted by atomic mass is 32.2. The Bertz CT molecular complexity index is 998. The summed E-state index contributed by atoms with van der Waals surface area (Å²) in [5, 5.41) is 0.895. The first kappa shape index (κ1) is 21.7. The average molecular weight is 436 g/mol. The van der Waals surface area contributed by atoms with Crippen LogP contribution in [0.3, 0.4) is 0 Å². The second-order valence-corrected chi connectivity index (χ2v) is 8.84. The van der Waals surface area contributed by atoms with Crippen LogP contribution in [0, 0.1) is 13.8 Å². The monoisotopic (exact) mass is 435 g/mol. The van der Waals surface area contributed by atoms with E-state index in [1.807, 2.05) is 60.4 Å². The predicted octanol–water partition coefficient (Wildman–Crippen LogP) is 5.00. The Balaban J connectivity index is 1.49. The fourth-order valence-corrected chi connectivity index (χ4v) is 4.82. The first-order chi connectivity index (χ1) is 15.1. The molecule has 0 spiro atoms. The highest BCUT2D eigenvalue weighted by Crippen LogP contribution is 2.26. The summed E-state index contributed by atoms with van der Waals surface area (Å²) in [7, 11) is 0. The molecule has 5 nitrogen and oxygen atoms in total. The maximum Gasteiger partial charge on any atom is 0.237 e. The van der Waals surface area contributed by atoms with Crippen molar-refractivity contribution in [3.8, 4) is 0 Å². The van der Waals surface area contributed by atoms with E-state index in [1.165, 1.54) is 11.8 Å². The number of thioether (sulfide) groups is 1. The molecule has 0 radical (unpaired) electrons. The number of hydrogen-bond donors (Lipinski definition) is 0. The van der Waals surface area contributed by atoms with Crippen molar-refractivity contribution < 1.29 is 9.53 Å². The highest BCUT2D eigenvalue weighted by Gasteiger charge is 2.22. The van der Waals surface area contributed by atoms with Gasteiger partial charge in [0.15, 0.2) is 5.16 Å². The van der Waals surface area contributed by atoms with Gasteiger partial charge >= 0.3 is 0 Å². The van der Waals surface area contributed by atoms with E-state index in [-0.39, 0.29) is 12.0 Å². The lowest BCUT2D eigenvalue weighted by atomic mass is 10.2.